The predicted octanol–water partition coefficient (Wildman–Crippen LogP) is 3.82. The second kappa shape index (κ2) is 12.3. The van der Waals surface area contributed by atoms with E-state index in [4.69, 9.17) is 9.26 Å². The third kappa shape index (κ3) is 6.58. The Morgan fingerprint density at radius 2 is 1.92 bits per heavy atom. The molecule has 0 unspecified atom stereocenters. The van der Waals surface area contributed by atoms with E-state index in [9.17, 15) is 18.3 Å². The SMILES string of the molecule is Cc1noc(C)c1S(=O)(=O)Nc1cccc2c1O[C@H](CN(C)CC1CCCCC1)[C@H](C)CN([C@H](C)CO)C2=O. The number of nitrogens with zero attached hydrogens (tertiary/aromatic N) is 3. The van der Waals surface area contributed by atoms with E-state index in [0.29, 0.717) is 19.0 Å². The Labute approximate surface area is 231 Å². The van der Waals surface area contributed by atoms with Crippen molar-refractivity contribution in [1.82, 2.24) is 15.0 Å². The van der Waals surface area contributed by atoms with Gasteiger partial charge >= 0.3 is 0 Å². The number of carbonyl (C=O) groups excluding carboxylic acids is 1. The van der Waals surface area contributed by atoms with Crippen LogP contribution in [0.1, 0.15) is 67.8 Å². The van der Waals surface area contributed by atoms with E-state index < -0.39 is 16.1 Å². The number of rotatable bonds is 9. The maximum absolute atomic E-state index is 13.7. The van der Waals surface area contributed by atoms with E-state index in [1.807, 2.05) is 6.92 Å². The lowest BCUT2D eigenvalue weighted by Crippen LogP contribution is -2.50. The molecule has 0 bridgehead atoms. The zero-order valence-corrected chi connectivity index (χ0v) is 24.5. The summed E-state index contributed by atoms with van der Waals surface area (Å²) in [6.45, 7) is 8.77. The van der Waals surface area contributed by atoms with Crippen molar-refractivity contribution < 1.29 is 27.6 Å². The topological polar surface area (TPSA) is 125 Å². The highest BCUT2D eigenvalue weighted by Crippen LogP contribution is 2.37. The average molecular weight is 563 g/mol. The number of sulfonamides is 1. The van der Waals surface area contributed by atoms with Gasteiger partial charge in [-0.25, -0.2) is 8.42 Å². The van der Waals surface area contributed by atoms with Crippen molar-refractivity contribution in [1.29, 1.82) is 0 Å². The number of amides is 1. The van der Waals surface area contributed by atoms with Crippen LogP contribution in [-0.4, -0.2) is 79.8 Å². The van der Waals surface area contributed by atoms with Gasteiger partial charge in [0.05, 0.1) is 23.9 Å². The smallest absolute Gasteiger partial charge is 0.267 e. The number of ether oxygens (including phenoxy) is 1. The van der Waals surface area contributed by atoms with E-state index >= 15 is 0 Å². The number of fused-ring (bicyclic) bond motifs is 1. The molecule has 1 aliphatic carbocycles. The predicted molar refractivity (Wildman–Crippen MR) is 148 cm³/mol. The summed E-state index contributed by atoms with van der Waals surface area (Å²) >= 11 is 0. The van der Waals surface area contributed by atoms with Crippen molar-refractivity contribution >= 4 is 21.6 Å². The van der Waals surface area contributed by atoms with E-state index in [1.54, 1.807) is 36.9 Å². The van der Waals surface area contributed by atoms with Crippen LogP contribution >= 0.6 is 0 Å². The number of aryl methyl sites for hydroxylation is 2. The second-order valence-electron chi connectivity index (χ2n) is 11.3. The normalized spacial score (nSPS) is 21.7. The summed E-state index contributed by atoms with van der Waals surface area (Å²) in [6.07, 6.45) is 6.00. The summed E-state index contributed by atoms with van der Waals surface area (Å²) in [6, 6.07) is 4.45. The number of nitrogens with one attached hydrogen (secondary N) is 1. The quantitative estimate of drug-likeness (QED) is 0.473. The highest BCUT2D eigenvalue weighted by Gasteiger charge is 2.36. The molecule has 2 aromatic rings. The van der Waals surface area contributed by atoms with Gasteiger partial charge in [-0.1, -0.05) is 37.4 Å². The first kappa shape index (κ1) is 29.4. The molecule has 1 amide bonds. The Morgan fingerprint density at radius 3 is 2.56 bits per heavy atom. The number of anilines is 1. The van der Waals surface area contributed by atoms with Crippen molar-refractivity contribution in [2.45, 2.75) is 76.8 Å². The van der Waals surface area contributed by atoms with E-state index in [1.165, 1.54) is 39.0 Å². The lowest BCUT2D eigenvalue weighted by Gasteiger charge is -2.39. The van der Waals surface area contributed by atoms with E-state index in [0.717, 1.165) is 6.54 Å². The average Bonchev–Trinajstić information content (AvgIpc) is 3.25. The first-order valence-corrected chi connectivity index (χ1v) is 15.4. The Hall–Kier alpha value is -2.63. The number of hydrogen-bond donors (Lipinski definition) is 2. The maximum atomic E-state index is 13.7. The number of aromatic nitrogens is 1. The number of hydrogen-bond acceptors (Lipinski definition) is 8. The molecule has 0 spiro atoms. The molecular weight excluding hydrogens is 520 g/mol. The summed E-state index contributed by atoms with van der Waals surface area (Å²) < 4.78 is 41.1. The summed E-state index contributed by atoms with van der Waals surface area (Å²) in [5.41, 5.74) is 0.669. The number of para-hydroxylation sites is 1. The molecule has 4 rings (SSSR count). The number of likely N-dealkylation sites (N-methyl/N-ethyl adjacent to an activating group) is 1. The zero-order valence-electron chi connectivity index (χ0n) is 23.6. The molecule has 3 atom stereocenters. The van der Waals surface area contributed by atoms with Crippen molar-refractivity contribution in [2.24, 2.45) is 11.8 Å². The van der Waals surface area contributed by atoms with Gasteiger partial charge in [0.2, 0.25) is 0 Å². The molecule has 2 heterocycles. The van der Waals surface area contributed by atoms with Crippen molar-refractivity contribution in [2.75, 3.05) is 38.0 Å². The second-order valence-corrected chi connectivity index (χ2v) is 12.9. The fourth-order valence-electron chi connectivity index (χ4n) is 5.79. The number of aliphatic hydroxyl groups is 1. The largest absolute Gasteiger partial charge is 0.486 e. The van der Waals surface area contributed by atoms with Gasteiger partial charge in [-0.15, -0.1) is 0 Å². The first-order valence-electron chi connectivity index (χ1n) is 13.9. The number of benzene rings is 1. The van der Waals surface area contributed by atoms with Gasteiger partial charge in [0.25, 0.3) is 15.9 Å². The maximum Gasteiger partial charge on any atom is 0.267 e. The van der Waals surface area contributed by atoms with Crippen molar-refractivity contribution in [3.63, 3.8) is 0 Å². The summed E-state index contributed by atoms with van der Waals surface area (Å²) in [4.78, 5) is 17.6. The minimum atomic E-state index is -4.07. The standard InChI is InChI=1S/C28H42N4O6S/c1-18-14-32(19(2)17-33)28(34)23-12-9-13-24(30-39(35,36)27-20(3)29-38-21(27)4)26(23)37-25(18)16-31(5)15-22-10-7-6-8-11-22/h9,12-13,18-19,22,25,30,33H,6-8,10-11,14-17H2,1-5H3/t18-,19-,25-/m1/s1. The third-order valence-corrected chi connectivity index (χ3v) is 9.57. The van der Waals surface area contributed by atoms with Gasteiger partial charge in [0.15, 0.2) is 16.4 Å². The van der Waals surface area contributed by atoms with Gasteiger partial charge in [0, 0.05) is 25.6 Å². The molecule has 11 heteroatoms. The minimum absolute atomic E-state index is 0.0371. The van der Waals surface area contributed by atoms with Crippen molar-refractivity contribution in [3.8, 4) is 5.75 Å². The first-order chi connectivity index (χ1) is 18.5. The molecule has 1 aromatic heterocycles. The molecular formula is C28H42N4O6S. The summed E-state index contributed by atoms with van der Waals surface area (Å²) in [7, 11) is -1.98. The lowest BCUT2D eigenvalue weighted by atomic mass is 9.89. The van der Waals surface area contributed by atoms with Crippen LogP contribution in [0.3, 0.4) is 0 Å². The number of carbonyl (C=O) groups is 1. The number of aliphatic hydroxyl groups excluding tert-OH is 1. The highest BCUT2D eigenvalue weighted by molar-refractivity contribution is 7.92. The van der Waals surface area contributed by atoms with Crippen molar-refractivity contribution in [3.05, 3.63) is 35.2 Å². The minimum Gasteiger partial charge on any atom is -0.486 e. The van der Waals surface area contributed by atoms with Crippen LogP contribution in [-0.2, 0) is 10.0 Å². The van der Waals surface area contributed by atoms with Crippen LogP contribution in [0.4, 0.5) is 5.69 Å². The Balaban J connectivity index is 1.70. The Kier molecular flexibility index (Phi) is 9.23. The molecule has 1 fully saturated rings. The Bertz CT molecular complexity index is 1240. The molecule has 1 aliphatic heterocycles. The van der Waals surface area contributed by atoms with Gasteiger partial charge in [-0.3, -0.25) is 9.52 Å². The van der Waals surface area contributed by atoms with Crippen LogP contribution in [0.2, 0.25) is 0 Å². The molecule has 1 aromatic carbocycles. The molecule has 216 valence electrons. The van der Waals surface area contributed by atoms with E-state index in [-0.39, 0.29) is 57.9 Å². The molecule has 10 nitrogen and oxygen atoms in total. The van der Waals surface area contributed by atoms with Gasteiger partial charge < -0.3 is 24.2 Å². The van der Waals surface area contributed by atoms with Gasteiger partial charge in [0.1, 0.15) is 11.8 Å². The third-order valence-electron chi connectivity index (χ3n) is 7.96. The highest BCUT2D eigenvalue weighted by atomic mass is 32.2. The van der Waals surface area contributed by atoms with Crippen LogP contribution in [0.25, 0.3) is 0 Å². The van der Waals surface area contributed by atoms with Crippen LogP contribution < -0.4 is 9.46 Å². The molecule has 0 saturated heterocycles. The summed E-state index contributed by atoms with van der Waals surface area (Å²) in [5, 5.41) is 13.7. The van der Waals surface area contributed by atoms with E-state index in [2.05, 4.69) is 21.8 Å². The summed E-state index contributed by atoms with van der Waals surface area (Å²) in [5.74, 6) is 0.637. The molecule has 2 N–H and O–H groups in total. The fourth-order valence-corrected chi connectivity index (χ4v) is 7.18. The molecule has 1 saturated carbocycles. The lowest BCUT2D eigenvalue weighted by molar-refractivity contribution is 0.0333. The van der Waals surface area contributed by atoms with Crippen LogP contribution in [0.5, 0.6) is 5.75 Å². The van der Waals surface area contributed by atoms with Gasteiger partial charge in [-0.2, -0.15) is 0 Å². The zero-order chi connectivity index (χ0) is 28.3. The molecule has 2 aliphatic rings. The molecule has 0 radical (unpaired) electrons. The van der Waals surface area contributed by atoms with Crippen LogP contribution in [0, 0.1) is 25.7 Å². The Morgan fingerprint density at radius 1 is 1.21 bits per heavy atom. The monoisotopic (exact) mass is 562 g/mol. The molecule has 39 heavy (non-hydrogen) atoms. The fraction of sp³-hybridized carbons (Fsp3) is 0.643. The van der Waals surface area contributed by atoms with Crippen LogP contribution in [0.15, 0.2) is 27.6 Å². The van der Waals surface area contributed by atoms with Gasteiger partial charge in [-0.05, 0) is 58.7 Å².